The number of para-hydroxylation sites is 2. The van der Waals surface area contributed by atoms with Crippen LogP contribution in [0.3, 0.4) is 0 Å². The molecule has 0 unspecified atom stereocenters. The van der Waals surface area contributed by atoms with Gasteiger partial charge in [0.05, 0.1) is 0 Å². The molecular formula is C12H12N6O3. The first-order valence-electron chi connectivity index (χ1n) is 5.74. The van der Waals surface area contributed by atoms with Gasteiger partial charge in [-0.05, 0) is 29.5 Å². The number of nitrogens with one attached hydrogen (secondary N) is 1. The van der Waals surface area contributed by atoms with Crippen LogP contribution in [-0.4, -0.2) is 46.4 Å². The molecule has 2 aromatic carbocycles. The Morgan fingerprint density at radius 3 is 2.48 bits per heavy atom. The van der Waals surface area contributed by atoms with Crippen molar-refractivity contribution in [3.63, 3.8) is 0 Å². The average Bonchev–Trinajstić information content (AvgIpc) is 3.08. The smallest absolute Gasteiger partial charge is 0.154 e. The lowest BCUT2D eigenvalue weighted by Crippen LogP contribution is -1.90. The molecule has 0 atom stereocenters. The van der Waals surface area contributed by atoms with E-state index in [-0.39, 0.29) is 11.2 Å². The van der Waals surface area contributed by atoms with Crippen LogP contribution in [0.25, 0.3) is 22.1 Å². The molecule has 0 spiro atoms. The van der Waals surface area contributed by atoms with E-state index in [2.05, 4.69) is 25.7 Å². The van der Waals surface area contributed by atoms with Gasteiger partial charge in [0, 0.05) is 0 Å². The summed E-state index contributed by atoms with van der Waals surface area (Å²) in [5, 5.41) is 35.1. The molecule has 0 amide bonds. The minimum absolute atomic E-state index is 0. The van der Waals surface area contributed by atoms with Crippen molar-refractivity contribution < 1.29 is 15.8 Å². The number of phenols is 1. The fourth-order valence-electron chi connectivity index (χ4n) is 1.71. The second kappa shape index (κ2) is 5.84. The molecule has 9 nitrogen and oxygen atoms in total. The normalized spacial score (nSPS) is 9.90. The van der Waals surface area contributed by atoms with E-state index in [1.54, 1.807) is 30.3 Å². The number of hydrogen-bond acceptors (Lipinski definition) is 6. The van der Waals surface area contributed by atoms with Crippen molar-refractivity contribution in [3.8, 4) is 5.75 Å². The summed E-state index contributed by atoms with van der Waals surface area (Å²) in [4.78, 5) is 0.759. The fourth-order valence-corrected chi connectivity index (χ4v) is 1.71. The highest BCUT2D eigenvalue weighted by molar-refractivity contribution is 5.79. The van der Waals surface area contributed by atoms with Gasteiger partial charge >= 0.3 is 0 Å². The zero-order valence-electron chi connectivity index (χ0n) is 10.7. The van der Waals surface area contributed by atoms with Crippen molar-refractivity contribution in [2.45, 2.75) is 0 Å². The molecular weight excluding hydrogens is 276 g/mol. The van der Waals surface area contributed by atoms with Crippen LogP contribution >= 0.6 is 0 Å². The van der Waals surface area contributed by atoms with Gasteiger partial charge in [0.25, 0.3) is 0 Å². The maximum atomic E-state index is 9.14. The fraction of sp³-hybridized carbons (Fsp3) is 0. The predicted octanol–water partition coefficient (Wildman–Crippen LogP) is 0.507. The minimum Gasteiger partial charge on any atom is -0.506 e. The molecule has 4 aromatic rings. The lowest BCUT2D eigenvalue weighted by atomic mass is 10.3. The average molecular weight is 288 g/mol. The summed E-state index contributed by atoms with van der Waals surface area (Å²) in [5.41, 5.74) is 2.52. The molecule has 0 saturated carbocycles. The molecule has 0 aliphatic heterocycles. The van der Waals surface area contributed by atoms with Crippen molar-refractivity contribution in [1.82, 2.24) is 30.6 Å². The molecule has 0 saturated heterocycles. The SMILES string of the molecule is O.Oc1cccc2n[nH]nc12.On1nnc2ccccc21. The Labute approximate surface area is 117 Å². The van der Waals surface area contributed by atoms with Crippen LogP contribution in [0.15, 0.2) is 42.5 Å². The Balaban J connectivity index is 0.000000147. The third-order valence-corrected chi connectivity index (χ3v) is 2.66. The van der Waals surface area contributed by atoms with E-state index in [0.29, 0.717) is 22.1 Å². The number of aromatic nitrogens is 6. The van der Waals surface area contributed by atoms with E-state index in [1.165, 1.54) is 0 Å². The first-order valence-corrected chi connectivity index (χ1v) is 5.74. The van der Waals surface area contributed by atoms with Gasteiger partial charge in [0.1, 0.15) is 22.3 Å². The van der Waals surface area contributed by atoms with Crippen LogP contribution in [0.1, 0.15) is 0 Å². The topological polar surface area (TPSA) is 144 Å². The Morgan fingerprint density at radius 2 is 1.71 bits per heavy atom. The molecule has 4 rings (SSSR count). The molecule has 0 bridgehead atoms. The maximum absolute atomic E-state index is 9.14. The van der Waals surface area contributed by atoms with Crippen LogP contribution in [0, 0.1) is 0 Å². The Bertz CT molecular complexity index is 850. The summed E-state index contributed by atoms with van der Waals surface area (Å²) < 4.78 is 0. The number of phenolic OH excluding ortho intramolecular Hbond substituents is 1. The number of rotatable bonds is 0. The number of aromatic hydroxyl groups is 1. The molecule has 2 aromatic heterocycles. The summed E-state index contributed by atoms with van der Waals surface area (Å²) >= 11 is 0. The Hall–Kier alpha value is -3.20. The molecule has 0 radical (unpaired) electrons. The molecule has 0 fully saturated rings. The zero-order valence-corrected chi connectivity index (χ0v) is 10.7. The number of aromatic amines is 1. The van der Waals surface area contributed by atoms with Gasteiger partial charge in [-0.1, -0.05) is 23.0 Å². The Kier molecular flexibility index (Phi) is 3.95. The van der Waals surface area contributed by atoms with E-state index in [9.17, 15) is 0 Å². The van der Waals surface area contributed by atoms with Crippen molar-refractivity contribution in [3.05, 3.63) is 42.5 Å². The highest BCUT2D eigenvalue weighted by atomic mass is 16.5. The first-order chi connectivity index (χ1) is 9.75. The number of hydrogen-bond donors (Lipinski definition) is 3. The number of H-pyrrole nitrogens is 1. The third-order valence-electron chi connectivity index (χ3n) is 2.66. The molecule has 5 N–H and O–H groups in total. The number of benzene rings is 2. The van der Waals surface area contributed by atoms with Crippen LogP contribution in [0.2, 0.25) is 0 Å². The molecule has 21 heavy (non-hydrogen) atoms. The zero-order chi connectivity index (χ0) is 13.9. The lowest BCUT2D eigenvalue weighted by Gasteiger charge is -1.87. The van der Waals surface area contributed by atoms with Gasteiger partial charge in [0.2, 0.25) is 0 Å². The standard InChI is InChI=1S/2C6H5N3O.H2O/c10-9-6-4-2-1-3-5(6)7-8-9;10-5-3-1-2-4-6(5)8-9-7-4;/h1-4,10H;1-3,10H,(H,7,8,9);1H2. The van der Waals surface area contributed by atoms with Gasteiger partial charge in [-0.2, -0.15) is 15.4 Å². The quantitative estimate of drug-likeness (QED) is 0.402. The largest absolute Gasteiger partial charge is 0.506 e. The lowest BCUT2D eigenvalue weighted by molar-refractivity contribution is 0.155. The first kappa shape index (κ1) is 14.2. The van der Waals surface area contributed by atoms with Gasteiger partial charge in [-0.3, -0.25) is 0 Å². The molecule has 9 heteroatoms. The van der Waals surface area contributed by atoms with E-state index in [4.69, 9.17) is 10.3 Å². The molecule has 108 valence electrons. The minimum atomic E-state index is 0. The van der Waals surface area contributed by atoms with Crippen molar-refractivity contribution >= 4 is 22.1 Å². The summed E-state index contributed by atoms with van der Waals surface area (Å²) in [6, 6.07) is 12.3. The summed E-state index contributed by atoms with van der Waals surface area (Å²) in [6.07, 6.45) is 0. The van der Waals surface area contributed by atoms with Crippen molar-refractivity contribution in [2.24, 2.45) is 0 Å². The summed E-state index contributed by atoms with van der Waals surface area (Å²) in [7, 11) is 0. The van der Waals surface area contributed by atoms with Gasteiger partial charge in [-0.25, -0.2) is 0 Å². The van der Waals surface area contributed by atoms with Gasteiger partial charge in [-0.15, -0.1) is 5.10 Å². The monoisotopic (exact) mass is 288 g/mol. The van der Waals surface area contributed by atoms with Crippen LogP contribution < -0.4 is 0 Å². The molecule has 0 aliphatic rings. The summed E-state index contributed by atoms with van der Waals surface area (Å²) in [5.74, 6) is 0.159. The van der Waals surface area contributed by atoms with E-state index < -0.39 is 0 Å². The van der Waals surface area contributed by atoms with E-state index in [1.807, 2.05) is 12.1 Å². The third kappa shape index (κ3) is 2.72. The highest BCUT2D eigenvalue weighted by Crippen LogP contribution is 2.18. The number of fused-ring (bicyclic) bond motifs is 2. The van der Waals surface area contributed by atoms with Crippen LogP contribution in [0.4, 0.5) is 0 Å². The number of nitrogens with zero attached hydrogens (tertiary/aromatic N) is 5. The highest BCUT2D eigenvalue weighted by Gasteiger charge is 2.00. The molecule has 2 heterocycles. The second-order valence-corrected chi connectivity index (χ2v) is 3.94. The van der Waals surface area contributed by atoms with Gasteiger partial charge in [0.15, 0.2) is 5.52 Å². The second-order valence-electron chi connectivity index (χ2n) is 3.94. The van der Waals surface area contributed by atoms with Crippen molar-refractivity contribution in [1.29, 1.82) is 0 Å². The predicted molar refractivity (Wildman–Crippen MR) is 73.9 cm³/mol. The Morgan fingerprint density at radius 1 is 0.952 bits per heavy atom. The van der Waals surface area contributed by atoms with Crippen LogP contribution in [-0.2, 0) is 0 Å². The maximum Gasteiger partial charge on any atom is 0.154 e. The van der Waals surface area contributed by atoms with Crippen molar-refractivity contribution in [2.75, 3.05) is 0 Å². The van der Waals surface area contributed by atoms with Gasteiger partial charge < -0.3 is 15.8 Å². The van der Waals surface area contributed by atoms with E-state index in [0.717, 1.165) is 4.85 Å². The molecule has 0 aliphatic carbocycles. The van der Waals surface area contributed by atoms with Crippen LogP contribution in [0.5, 0.6) is 5.75 Å². The summed E-state index contributed by atoms with van der Waals surface area (Å²) in [6.45, 7) is 0. The van der Waals surface area contributed by atoms with E-state index >= 15 is 0 Å².